The summed E-state index contributed by atoms with van der Waals surface area (Å²) in [6.07, 6.45) is 0.333. The van der Waals surface area contributed by atoms with Gasteiger partial charge < -0.3 is 14.2 Å². The summed E-state index contributed by atoms with van der Waals surface area (Å²) in [6, 6.07) is 0. The zero-order chi connectivity index (χ0) is 11.0. The van der Waals surface area contributed by atoms with Gasteiger partial charge in [-0.15, -0.1) is 0 Å². The van der Waals surface area contributed by atoms with Crippen LogP contribution in [-0.2, 0) is 23.8 Å². The molecule has 84 valence electrons. The molecule has 2 aliphatic rings. The Balaban J connectivity index is 2.19. The lowest BCUT2D eigenvalue weighted by atomic mass is 9.92. The molecule has 1 aliphatic carbocycles. The highest BCUT2D eigenvalue weighted by atomic mass is 16.5. The first-order chi connectivity index (χ1) is 7.19. The van der Waals surface area contributed by atoms with E-state index in [0.29, 0.717) is 13.0 Å². The molecule has 4 unspecified atom stereocenters. The van der Waals surface area contributed by atoms with Gasteiger partial charge in [-0.25, -0.2) is 0 Å². The van der Waals surface area contributed by atoms with E-state index in [1.54, 1.807) is 7.11 Å². The molecule has 1 saturated carbocycles. The average Bonchev–Trinajstić information content (AvgIpc) is 2.77. The Morgan fingerprint density at radius 2 is 2.20 bits per heavy atom. The predicted molar refractivity (Wildman–Crippen MR) is 48.9 cm³/mol. The maximum atomic E-state index is 11.6. The van der Waals surface area contributed by atoms with E-state index in [9.17, 15) is 9.59 Å². The first kappa shape index (κ1) is 10.4. The molecule has 2 rings (SSSR count). The number of ether oxygens (including phenoxy) is 3. The fourth-order valence-corrected chi connectivity index (χ4v) is 2.58. The number of hydrogen-bond acceptors (Lipinski definition) is 5. The smallest absolute Gasteiger partial charge is 0.311 e. The van der Waals surface area contributed by atoms with E-state index in [-0.39, 0.29) is 35.8 Å². The summed E-state index contributed by atoms with van der Waals surface area (Å²) in [6.45, 7) is 0.309. The number of methoxy groups -OCH3 is 2. The summed E-state index contributed by atoms with van der Waals surface area (Å²) in [7, 11) is 2.90. The molecule has 5 nitrogen and oxygen atoms in total. The highest BCUT2D eigenvalue weighted by molar-refractivity contribution is 5.80. The number of cyclic esters (lactones) is 1. The molecule has 1 aliphatic heterocycles. The SMILES string of the molecule is COC(=O)C1C(OC)CC2C(=O)OCC21. The van der Waals surface area contributed by atoms with Crippen LogP contribution in [0.15, 0.2) is 0 Å². The Kier molecular flexibility index (Phi) is 2.65. The molecule has 0 aromatic rings. The van der Waals surface area contributed by atoms with Gasteiger partial charge in [-0.2, -0.15) is 0 Å². The molecule has 0 bridgehead atoms. The van der Waals surface area contributed by atoms with Gasteiger partial charge in [0.1, 0.15) is 0 Å². The van der Waals surface area contributed by atoms with E-state index < -0.39 is 0 Å². The van der Waals surface area contributed by atoms with Crippen LogP contribution in [0.25, 0.3) is 0 Å². The van der Waals surface area contributed by atoms with Crippen LogP contribution in [0.4, 0.5) is 0 Å². The molecule has 2 fully saturated rings. The number of carbonyl (C=O) groups excluding carboxylic acids is 2. The quantitative estimate of drug-likeness (QED) is 0.605. The molecule has 0 amide bonds. The fourth-order valence-electron chi connectivity index (χ4n) is 2.58. The lowest BCUT2D eigenvalue weighted by Crippen LogP contribution is -2.31. The Bertz CT molecular complexity index is 288. The zero-order valence-corrected chi connectivity index (χ0v) is 8.76. The van der Waals surface area contributed by atoms with Crippen LogP contribution in [0.5, 0.6) is 0 Å². The molecule has 0 spiro atoms. The molecule has 0 aromatic carbocycles. The predicted octanol–water partition coefficient (Wildman–Crippen LogP) is -0.0165. The summed E-state index contributed by atoms with van der Waals surface area (Å²) < 4.78 is 14.9. The van der Waals surface area contributed by atoms with E-state index in [0.717, 1.165) is 0 Å². The van der Waals surface area contributed by atoms with Crippen molar-refractivity contribution >= 4 is 11.9 Å². The molecular formula is C10H14O5. The topological polar surface area (TPSA) is 61.8 Å². The second kappa shape index (κ2) is 3.81. The minimum atomic E-state index is -0.364. The summed E-state index contributed by atoms with van der Waals surface area (Å²) in [4.78, 5) is 22.9. The molecule has 5 heteroatoms. The summed E-state index contributed by atoms with van der Waals surface area (Å²) in [5, 5.41) is 0. The molecule has 0 aromatic heterocycles. The van der Waals surface area contributed by atoms with E-state index >= 15 is 0 Å². The van der Waals surface area contributed by atoms with Crippen molar-refractivity contribution in [3.63, 3.8) is 0 Å². The summed E-state index contributed by atoms with van der Waals surface area (Å²) in [5.41, 5.74) is 0. The van der Waals surface area contributed by atoms with Crippen molar-refractivity contribution in [2.75, 3.05) is 20.8 Å². The second-order valence-electron chi connectivity index (χ2n) is 3.96. The van der Waals surface area contributed by atoms with Crippen molar-refractivity contribution in [1.82, 2.24) is 0 Å². The van der Waals surface area contributed by atoms with Crippen molar-refractivity contribution in [3.8, 4) is 0 Å². The van der Waals surface area contributed by atoms with Gasteiger partial charge in [0.05, 0.1) is 31.7 Å². The number of carbonyl (C=O) groups is 2. The van der Waals surface area contributed by atoms with E-state index in [2.05, 4.69) is 0 Å². The van der Waals surface area contributed by atoms with Gasteiger partial charge >= 0.3 is 11.9 Å². The van der Waals surface area contributed by atoms with E-state index in [1.807, 2.05) is 0 Å². The van der Waals surface area contributed by atoms with Crippen LogP contribution in [-0.4, -0.2) is 38.9 Å². The van der Waals surface area contributed by atoms with Gasteiger partial charge in [-0.05, 0) is 6.42 Å². The van der Waals surface area contributed by atoms with Crippen LogP contribution in [0.3, 0.4) is 0 Å². The monoisotopic (exact) mass is 214 g/mol. The highest BCUT2D eigenvalue weighted by Crippen LogP contribution is 2.43. The minimum absolute atomic E-state index is 0.0742. The van der Waals surface area contributed by atoms with E-state index in [4.69, 9.17) is 14.2 Å². The lowest BCUT2D eigenvalue weighted by molar-refractivity contribution is -0.152. The Hall–Kier alpha value is -1.10. The first-order valence-corrected chi connectivity index (χ1v) is 4.96. The Morgan fingerprint density at radius 1 is 1.47 bits per heavy atom. The first-order valence-electron chi connectivity index (χ1n) is 4.96. The molecule has 1 heterocycles. The van der Waals surface area contributed by atoms with Crippen LogP contribution >= 0.6 is 0 Å². The molecule has 1 saturated heterocycles. The third-order valence-corrected chi connectivity index (χ3v) is 3.36. The minimum Gasteiger partial charge on any atom is -0.469 e. The van der Waals surface area contributed by atoms with Gasteiger partial charge in [0, 0.05) is 13.0 Å². The second-order valence-corrected chi connectivity index (χ2v) is 3.96. The van der Waals surface area contributed by atoms with Crippen LogP contribution in [0.2, 0.25) is 0 Å². The Labute approximate surface area is 87.7 Å². The largest absolute Gasteiger partial charge is 0.469 e. The maximum absolute atomic E-state index is 11.6. The Morgan fingerprint density at radius 3 is 2.80 bits per heavy atom. The number of esters is 2. The summed E-state index contributed by atoms with van der Waals surface area (Å²) >= 11 is 0. The molecular weight excluding hydrogens is 200 g/mol. The van der Waals surface area contributed by atoms with Gasteiger partial charge in [0.25, 0.3) is 0 Å². The van der Waals surface area contributed by atoms with Crippen LogP contribution in [0, 0.1) is 17.8 Å². The third-order valence-electron chi connectivity index (χ3n) is 3.36. The molecule has 15 heavy (non-hydrogen) atoms. The van der Waals surface area contributed by atoms with Crippen molar-refractivity contribution in [1.29, 1.82) is 0 Å². The van der Waals surface area contributed by atoms with Gasteiger partial charge in [-0.3, -0.25) is 9.59 Å². The molecule has 0 radical (unpaired) electrons. The number of rotatable bonds is 2. The van der Waals surface area contributed by atoms with Crippen molar-refractivity contribution in [3.05, 3.63) is 0 Å². The third kappa shape index (κ3) is 1.51. The lowest BCUT2D eigenvalue weighted by Gasteiger charge is -2.19. The zero-order valence-electron chi connectivity index (χ0n) is 8.76. The fraction of sp³-hybridized carbons (Fsp3) is 0.800. The van der Waals surface area contributed by atoms with Crippen molar-refractivity contribution in [2.24, 2.45) is 17.8 Å². The molecule has 0 N–H and O–H groups in total. The number of hydrogen-bond donors (Lipinski definition) is 0. The summed E-state index contributed by atoms with van der Waals surface area (Å²) in [5.74, 6) is -1.16. The average molecular weight is 214 g/mol. The number of fused-ring (bicyclic) bond motifs is 1. The van der Waals surface area contributed by atoms with Crippen molar-refractivity contribution in [2.45, 2.75) is 12.5 Å². The van der Waals surface area contributed by atoms with Crippen LogP contribution in [0.1, 0.15) is 6.42 Å². The van der Waals surface area contributed by atoms with E-state index in [1.165, 1.54) is 7.11 Å². The van der Waals surface area contributed by atoms with Gasteiger partial charge in [0.2, 0.25) is 0 Å². The standard InChI is InChI=1S/C10H14O5/c1-13-7-3-5-6(4-15-9(5)11)8(7)10(12)14-2/h5-8H,3-4H2,1-2H3. The van der Waals surface area contributed by atoms with Crippen LogP contribution < -0.4 is 0 Å². The maximum Gasteiger partial charge on any atom is 0.311 e. The highest BCUT2D eigenvalue weighted by Gasteiger charge is 2.54. The molecule has 4 atom stereocenters. The van der Waals surface area contributed by atoms with Gasteiger partial charge in [-0.1, -0.05) is 0 Å². The van der Waals surface area contributed by atoms with Gasteiger partial charge in [0.15, 0.2) is 0 Å². The van der Waals surface area contributed by atoms with Crippen molar-refractivity contribution < 1.29 is 23.8 Å². The normalized spacial score (nSPS) is 38.7.